The lowest BCUT2D eigenvalue weighted by molar-refractivity contribution is 0.326. The van der Waals surface area contributed by atoms with Crippen LogP contribution in [0, 0.1) is 5.92 Å². The van der Waals surface area contributed by atoms with Crippen LogP contribution in [0.25, 0.3) is 10.2 Å². The lowest BCUT2D eigenvalue weighted by Gasteiger charge is -2.22. The molecule has 0 bridgehead atoms. The van der Waals surface area contributed by atoms with E-state index >= 15 is 0 Å². The lowest BCUT2D eigenvalue weighted by Crippen LogP contribution is -2.39. The number of aromatic nitrogens is 2. The fourth-order valence-electron chi connectivity index (χ4n) is 2.84. The van der Waals surface area contributed by atoms with Crippen molar-refractivity contribution in [3.05, 3.63) is 31.8 Å². The molecule has 2 aromatic heterocycles. The third kappa shape index (κ3) is 2.82. The summed E-state index contributed by atoms with van der Waals surface area (Å²) in [6.45, 7) is 6.65. The maximum absolute atomic E-state index is 12.6. The summed E-state index contributed by atoms with van der Waals surface area (Å²) < 4.78 is 1.38. The summed E-state index contributed by atoms with van der Waals surface area (Å²) >= 11 is 1.51. The molecule has 0 amide bonds. The molecule has 0 aliphatic carbocycles. The van der Waals surface area contributed by atoms with Crippen molar-refractivity contribution in [3.8, 4) is 0 Å². The van der Waals surface area contributed by atoms with Crippen molar-refractivity contribution < 1.29 is 0 Å². The number of H-pyrrole nitrogens is 1. The van der Waals surface area contributed by atoms with Crippen LogP contribution in [0.4, 0.5) is 0 Å². The molecule has 1 fully saturated rings. The average molecular weight is 307 g/mol. The van der Waals surface area contributed by atoms with Crippen LogP contribution in [-0.2, 0) is 6.54 Å². The van der Waals surface area contributed by atoms with E-state index in [-0.39, 0.29) is 11.2 Å². The maximum Gasteiger partial charge on any atom is 0.329 e. The summed E-state index contributed by atoms with van der Waals surface area (Å²) in [5, 5.41) is 3.95. The first-order valence-corrected chi connectivity index (χ1v) is 8.35. The molecular formula is C15H21N3O2S. The van der Waals surface area contributed by atoms with Gasteiger partial charge in [-0.1, -0.05) is 13.8 Å². The van der Waals surface area contributed by atoms with E-state index in [9.17, 15) is 9.59 Å². The minimum atomic E-state index is -0.275. The third-order valence-corrected chi connectivity index (χ3v) is 5.51. The maximum atomic E-state index is 12.6. The van der Waals surface area contributed by atoms with Crippen molar-refractivity contribution in [2.24, 2.45) is 5.92 Å². The Labute approximate surface area is 127 Å². The summed E-state index contributed by atoms with van der Waals surface area (Å²) in [6.07, 6.45) is 2.04. The molecule has 0 spiro atoms. The van der Waals surface area contributed by atoms with E-state index in [1.54, 1.807) is 0 Å². The zero-order valence-corrected chi connectivity index (χ0v) is 13.3. The highest BCUT2D eigenvalue weighted by Crippen LogP contribution is 2.26. The van der Waals surface area contributed by atoms with Gasteiger partial charge in [0, 0.05) is 11.4 Å². The molecule has 21 heavy (non-hydrogen) atoms. The van der Waals surface area contributed by atoms with Gasteiger partial charge in [0.25, 0.3) is 5.56 Å². The van der Waals surface area contributed by atoms with Crippen LogP contribution >= 0.6 is 11.3 Å². The van der Waals surface area contributed by atoms with E-state index < -0.39 is 0 Å². The molecule has 0 radical (unpaired) electrons. The number of piperidine rings is 1. The molecule has 1 aliphatic rings. The smallest absolute Gasteiger partial charge is 0.317 e. The molecule has 0 atom stereocenters. The SMILES string of the molecule is CC(C)c1cc2c(=O)n(CC3CCNCC3)c(=O)[nH]c2s1. The molecule has 0 unspecified atom stereocenters. The molecule has 5 nitrogen and oxygen atoms in total. The van der Waals surface area contributed by atoms with Crippen molar-refractivity contribution in [3.63, 3.8) is 0 Å². The Morgan fingerprint density at radius 1 is 1.33 bits per heavy atom. The zero-order chi connectivity index (χ0) is 15.0. The molecule has 2 N–H and O–H groups in total. The van der Waals surface area contributed by atoms with Crippen molar-refractivity contribution >= 4 is 21.6 Å². The number of rotatable bonds is 3. The number of hydrogen-bond acceptors (Lipinski definition) is 4. The van der Waals surface area contributed by atoms with Gasteiger partial charge in [-0.15, -0.1) is 11.3 Å². The molecule has 0 saturated carbocycles. The van der Waals surface area contributed by atoms with Crippen LogP contribution in [0.3, 0.4) is 0 Å². The Hall–Kier alpha value is -1.40. The Bertz CT molecular complexity index is 750. The van der Waals surface area contributed by atoms with Gasteiger partial charge in [-0.05, 0) is 43.8 Å². The summed E-state index contributed by atoms with van der Waals surface area (Å²) in [6, 6.07) is 1.93. The van der Waals surface area contributed by atoms with E-state index in [0.29, 0.717) is 28.6 Å². The third-order valence-electron chi connectivity index (χ3n) is 4.16. The number of nitrogens with zero attached hydrogens (tertiary/aromatic N) is 1. The van der Waals surface area contributed by atoms with Crippen LogP contribution in [0.1, 0.15) is 37.5 Å². The number of nitrogens with one attached hydrogen (secondary N) is 2. The molecule has 1 saturated heterocycles. The van der Waals surface area contributed by atoms with Crippen molar-refractivity contribution in [2.45, 2.75) is 39.2 Å². The van der Waals surface area contributed by atoms with Gasteiger partial charge in [0.05, 0.1) is 5.39 Å². The van der Waals surface area contributed by atoms with Gasteiger partial charge in [-0.25, -0.2) is 4.79 Å². The molecular weight excluding hydrogens is 286 g/mol. The van der Waals surface area contributed by atoms with Crippen molar-refractivity contribution in [1.29, 1.82) is 0 Å². The average Bonchev–Trinajstić information content (AvgIpc) is 2.89. The van der Waals surface area contributed by atoms with Crippen molar-refractivity contribution in [1.82, 2.24) is 14.9 Å². The Balaban J connectivity index is 2.02. The first-order valence-electron chi connectivity index (χ1n) is 7.53. The standard InChI is InChI=1S/C15H21N3O2S/c1-9(2)12-7-11-13(21-12)17-15(20)18(14(11)19)8-10-3-5-16-6-4-10/h7,9-10,16H,3-6,8H2,1-2H3,(H,17,20). The highest BCUT2D eigenvalue weighted by molar-refractivity contribution is 7.18. The molecule has 2 aromatic rings. The minimum Gasteiger partial charge on any atom is -0.317 e. The minimum absolute atomic E-state index is 0.143. The van der Waals surface area contributed by atoms with Gasteiger partial charge in [-0.3, -0.25) is 14.3 Å². The van der Waals surface area contributed by atoms with E-state index in [0.717, 1.165) is 30.8 Å². The molecule has 114 valence electrons. The van der Waals surface area contributed by atoms with Gasteiger partial charge < -0.3 is 5.32 Å². The first-order chi connectivity index (χ1) is 10.1. The molecule has 3 rings (SSSR count). The van der Waals surface area contributed by atoms with Crippen LogP contribution in [0.2, 0.25) is 0 Å². The molecule has 6 heteroatoms. The second-order valence-corrected chi connectivity index (χ2v) is 7.17. The van der Waals surface area contributed by atoms with Gasteiger partial charge in [0.15, 0.2) is 0 Å². The number of aromatic amines is 1. The predicted octanol–water partition coefficient (Wildman–Crippen LogP) is 1.87. The normalized spacial score (nSPS) is 16.9. The monoisotopic (exact) mass is 307 g/mol. The molecule has 1 aliphatic heterocycles. The van der Waals surface area contributed by atoms with E-state index in [1.165, 1.54) is 15.9 Å². The Morgan fingerprint density at radius 3 is 2.71 bits per heavy atom. The quantitative estimate of drug-likeness (QED) is 0.910. The lowest BCUT2D eigenvalue weighted by atomic mass is 9.98. The molecule has 3 heterocycles. The summed E-state index contributed by atoms with van der Waals surface area (Å²) in [7, 11) is 0. The van der Waals surface area contributed by atoms with Gasteiger partial charge in [0.1, 0.15) is 4.83 Å². The van der Waals surface area contributed by atoms with E-state index in [2.05, 4.69) is 24.1 Å². The Morgan fingerprint density at radius 2 is 2.05 bits per heavy atom. The topological polar surface area (TPSA) is 66.9 Å². The number of hydrogen-bond donors (Lipinski definition) is 2. The highest BCUT2D eigenvalue weighted by Gasteiger charge is 2.18. The second-order valence-electron chi connectivity index (χ2n) is 6.09. The van der Waals surface area contributed by atoms with Crippen LogP contribution < -0.4 is 16.6 Å². The number of fused-ring (bicyclic) bond motifs is 1. The molecule has 0 aromatic carbocycles. The first kappa shape index (κ1) is 14.5. The fraction of sp³-hybridized carbons (Fsp3) is 0.600. The van der Waals surface area contributed by atoms with Gasteiger partial charge in [-0.2, -0.15) is 0 Å². The summed E-state index contributed by atoms with van der Waals surface area (Å²) in [4.78, 5) is 29.5. The van der Waals surface area contributed by atoms with Crippen LogP contribution in [0.5, 0.6) is 0 Å². The van der Waals surface area contributed by atoms with Crippen molar-refractivity contribution in [2.75, 3.05) is 13.1 Å². The summed E-state index contributed by atoms with van der Waals surface area (Å²) in [5.74, 6) is 0.772. The Kier molecular flexibility index (Phi) is 3.99. The summed E-state index contributed by atoms with van der Waals surface area (Å²) in [5.41, 5.74) is -0.418. The van der Waals surface area contributed by atoms with Gasteiger partial charge >= 0.3 is 5.69 Å². The predicted molar refractivity (Wildman–Crippen MR) is 86.4 cm³/mol. The highest BCUT2D eigenvalue weighted by atomic mass is 32.1. The fourth-order valence-corrected chi connectivity index (χ4v) is 3.88. The zero-order valence-electron chi connectivity index (χ0n) is 12.4. The largest absolute Gasteiger partial charge is 0.329 e. The number of thiophene rings is 1. The van der Waals surface area contributed by atoms with Gasteiger partial charge in [0.2, 0.25) is 0 Å². The van der Waals surface area contributed by atoms with E-state index in [1.807, 2.05) is 6.07 Å². The van der Waals surface area contributed by atoms with Crippen LogP contribution in [0.15, 0.2) is 15.7 Å². The second kappa shape index (κ2) is 5.77. The van der Waals surface area contributed by atoms with Crippen LogP contribution in [-0.4, -0.2) is 22.6 Å². The van der Waals surface area contributed by atoms with E-state index in [4.69, 9.17) is 0 Å².